The molecule has 5 heteroatoms. The molecule has 1 saturated heterocycles. The Morgan fingerprint density at radius 3 is 3.14 bits per heavy atom. The van der Waals surface area contributed by atoms with Gasteiger partial charge < -0.3 is 24.9 Å². The van der Waals surface area contributed by atoms with Crippen molar-refractivity contribution in [3.05, 3.63) is 36.0 Å². The van der Waals surface area contributed by atoms with Crippen LogP contribution in [-0.4, -0.2) is 49.2 Å². The smallest absolute Gasteiger partial charge is 0.107 e. The summed E-state index contributed by atoms with van der Waals surface area (Å²) in [6.07, 6.45) is 1.26. The van der Waals surface area contributed by atoms with Gasteiger partial charge in [-0.15, -0.1) is 0 Å². The topological polar surface area (TPSA) is 66.5 Å². The standard InChI is InChI=1S/C16H22N2O3/c1-20-15-10-21-9-12(16(15)19)8-17-7-11-3-2-4-14-13(11)5-6-18-14/h2-6,12,15-19H,7-10H2,1H3/t12-,15-,16+/m1/s1. The number of methoxy groups -OCH3 is 1. The molecule has 3 atom stereocenters. The van der Waals surface area contributed by atoms with Crippen molar-refractivity contribution in [3.8, 4) is 0 Å². The van der Waals surface area contributed by atoms with Gasteiger partial charge in [-0.1, -0.05) is 12.1 Å². The first-order valence-corrected chi connectivity index (χ1v) is 7.34. The minimum atomic E-state index is -0.473. The summed E-state index contributed by atoms with van der Waals surface area (Å²) in [4.78, 5) is 3.22. The summed E-state index contributed by atoms with van der Waals surface area (Å²) in [5.74, 6) is 0.0640. The molecule has 0 amide bonds. The minimum absolute atomic E-state index is 0.0640. The molecule has 1 fully saturated rings. The number of rotatable bonds is 5. The molecular weight excluding hydrogens is 268 g/mol. The normalized spacial score (nSPS) is 26.3. The molecule has 3 rings (SSSR count). The summed E-state index contributed by atoms with van der Waals surface area (Å²) < 4.78 is 10.7. The monoisotopic (exact) mass is 290 g/mol. The zero-order valence-corrected chi connectivity index (χ0v) is 12.2. The number of hydrogen-bond acceptors (Lipinski definition) is 4. The van der Waals surface area contributed by atoms with E-state index in [1.54, 1.807) is 7.11 Å². The maximum absolute atomic E-state index is 10.2. The molecule has 2 aromatic rings. The SMILES string of the molecule is CO[C@@H]1COC[C@@H](CNCc2cccc3[nH]ccc23)[C@@H]1O. The second-order valence-corrected chi connectivity index (χ2v) is 5.55. The van der Waals surface area contributed by atoms with Crippen LogP contribution in [0.3, 0.4) is 0 Å². The zero-order chi connectivity index (χ0) is 14.7. The van der Waals surface area contributed by atoms with Crippen LogP contribution in [0.25, 0.3) is 10.9 Å². The second-order valence-electron chi connectivity index (χ2n) is 5.55. The fourth-order valence-corrected chi connectivity index (χ4v) is 2.92. The van der Waals surface area contributed by atoms with Gasteiger partial charge in [0.05, 0.1) is 19.3 Å². The van der Waals surface area contributed by atoms with Gasteiger partial charge in [0.1, 0.15) is 6.10 Å². The minimum Gasteiger partial charge on any atom is -0.390 e. The van der Waals surface area contributed by atoms with Crippen LogP contribution in [-0.2, 0) is 16.0 Å². The Bertz CT molecular complexity index is 584. The van der Waals surface area contributed by atoms with Gasteiger partial charge in [0.2, 0.25) is 0 Å². The largest absolute Gasteiger partial charge is 0.390 e. The van der Waals surface area contributed by atoms with Gasteiger partial charge in [0.15, 0.2) is 0 Å². The van der Waals surface area contributed by atoms with Crippen molar-refractivity contribution < 1.29 is 14.6 Å². The Morgan fingerprint density at radius 2 is 2.29 bits per heavy atom. The van der Waals surface area contributed by atoms with Gasteiger partial charge in [-0.25, -0.2) is 0 Å². The molecule has 2 heterocycles. The summed E-state index contributed by atoms with van der Waals surface area (Å²) in [5.41, 5.74) is 2.40. The molecular formula is C16H22N2O3. The first-order valence-electron chi connectivity index (χ1n) is 7.34. The lowest BCUT2D eigenvalue weighted by atomic mass is 9.96. The molecule has 1 aromatic carbocycles. The van der Waals surface area contributed by atoms with Crippen LogP contribution >= 0.6 is 0 Å². The number of fused-ring (bicyclic) bond motifs is 1. The highest BCUT2D eigenvalue weighted by Crippen LogP contribution is 2.19. The van der Waals surface area contributed by atoms with Crippen molar-refractivity contribution in [2.75, 3.05) is 26.9 Å². The quantitative estimate of drug-likeness (QED) is 0.776. The van der Waals surface area contributed by atoms with Crippen LogP contribution in [0.5, 0.6) is 0 Å². The molecule has 1 aliphatic rings. The molecule has 21 heavy (non-hydrogen) atoms. The van der Waals surface area contributed by atoms with Crippen molar-refractivity contribution in [1.82, 2.24) is 10.3 Å². The molecule has 0 bridgehead atoms. The number of nitrogens with one attached hydrogen (secondary N) is 2. The fourth-order valence-electron chi connectivity index (χ4n) is 2.92. The lowest BCUT2D eigenvalue weighted by Gasteiger charge is -2.33. The molecule has 5 nitrogen and oxygen atoms in total. The van der Waals surface area contributed by atoms with E-state index in [0.717, 1.165) is 12.1 Å². The third-order valence-electron chi connectivity index (χ3n) is 4.19. The zero-order valence-electron chi connectivity index (χ0n) is 12.2. The highest BCUT2D eigenvalue weighted by atomic mass is 16.5. The first kappa shape index (κ1) is 14.5. The highest BCUT2D eigenvalue weighted by Gasteiger charge is 2.32. The Hall–Kier alpha value is -1.40. The van der Waals surface area contributed by atoms with E-state index in [1.807, 2.05) is 6.20 Å². The molecule has 0 radical (unpaired) electrons. The van der Waals surface area contributed by atoms with Crippen LogP contribution in [0, 0.1) is 5.92 Å². The number of aliphatic hydroxyl groups is 1. The molecule has 0 unspecified atom stereocenters. The van der Waals surface area contributed by atoms with Gasteiger partial charge in [0, 0.05) is 43.2 Å². The summed E-state index contributed by atoms with van der Waals surface area (Å²) in [7, 11) is 1.61. The fraction of sp³-hybridized carbons (Fsp3) is 0.500. The molecule has 0 saturated carbocycles. The number of benzene rings is 1. The van der Waals surface area contributed by atoms with Gasteiger partial charge >= 0.3 is 0 Å². The summed E-state index contributed by atoms with van der Waals surface area (Å²) >= 11 is 0. The average molecular weight is 290 g/mol. The molecule has 1 aliphatic heterocycles. The second kappa shape index (κ2) is 6.58. The van der Waals surface area contributed by atoms with Crippen LogP contribution in [0.15, 0.2) is 30.5 Å². The maximum atomic E-state index is 10.2. The first-order chi connectivity index (χ1) is 10.3. The van der Waals surface area contributed by atoms with E-state index < -0.39 is 6.10 Å². The molecule has 3 N–H and O–H groups in total. The van der Waals surface area contributed by atoms with Crippen molar-refractivity contribution in [3.63, 3.8) is 0 Å². The van der Waals surface area contributed by atoms with E-state index in [4.69, 9.17) is 9.47 Å². The Kier molecular flexibility index (Phi) is 4.55. The number of ether oxygens (including phenoxy) is 2. The van der Waals surface area contributed by atoms with Gasteiger partial charge in [0.25, 0.3) is 0 Å². The van der Waals surface area contributed by atoms with E-state index in [1.165, 1.54) is 10.9 Å². The molecule has 0 spiro atoms. The van der Waals surface area contributed by atoms with Crippen LogP contribution in [0.4, 0.5) is 0 Å². The number of hydrogen-bond donors (Lipinski definition) is 3. The Labute approximate surface area is 124 Å². The summed E-state index contributed by atoms with van der Waals surface area (Å²) in [6.45, 7) is 2.52. The summed E-state index contributed by atoms with van der Waals surface area (Å²) in [5, 5.41) is 14.9. The van der Waals surface area contributed by atoms with Gasteiger partial charge in [-0.05, 0) is 17.7 Å². The van der Waals surface area contributed by atoms with Crippen LogP contribution in [0.1, 0.15) is 5.56 Å². The molecule has 114 valence electrons. The predicted octanol–water partition coefficient (Wildman–Crippen LogP) is 1.28. The van der Waals surface area contributed by atoms with Crippen molar-refractivity contribution in [2.24, 2.45) is 5.92 Å². The van der Waals surface area contributed by atoms with E-state index in [-0.39, 0.29) is 12.0 Å². The Morgan fingerprint density at radius 1 is 1.38 bits per heavy atom. The molecule has 1 aromatic heterocycles. The highest BCUT2D eigenvalue weighted by molar-refractivity contribution is 5.82. The molecule has 0 aliphatic carbocycles. The maximum Gasteiger partial charge on any atom is 0.107 e. The van der Waals surface area contributed by atoms with Gasteiger partial charge in [-0.2, -0.15) is 0 Å². The van der Waals surface area contributed by atoms with Crippen molar-refractivity contribution >= 4 is 10.9 Å². The predicted molar refractivity (Wildman–Crippen MR) is 81.1 cm³/mol. The van der Waals surface area contributed by atoms with E-state index >= 15 is 0 Å². The van der Waals surface area contributed by atoms with Gasteiger partial charge in [-0.3, -0.25) is 0 Å². The number of aromatic amines is 1. The average Bonchev–Trinajstić information content (AvgIpc) is 2.98. The van der Waals surface area contributed by atoms with E-state index in [9.17, 15) is 5.11 Å². The van der Waals surface area contributed by atoms with E-state index in [2.05, 4.69) is 34.6 Å². The summed E-state index contributed by atoms with van der Waals surface area (Å²) in [6, 6.07) is 8.33. The lowest BCUT2D eigenvalue weighted by Crippen LogP contribution is -2.48. The third kappa shape index (κ3) is 3.11. The number of H-pyrrole nitrogens is 1. The third-order valence-corrected chi connectivity index (χ3v) is 4.19. The lowest BCUT2D eigenvalue weighted by molar-refractivity contribution is -0.133. The van der Waals surface area contributed by atoms with Crippen molar-refractivity contribution in [2.45, 2.75) is 18.8 Å². The number of aliphatic hydroxyl groups excluding tert-OH is 1. The Balaban J connectivity index is 1.57. The number of aromatic nitrogens is 1. The van der Waals surface area contributed by atoms with Crippen LogP contribution < -0.4 is 5.32 Å². The van der Waals surface area contributed by atoms with Crippen molar-refractivity contribution in [1.29, 1.82) is 0 Å². The van der Waals surface area contributed by atoms with Crippen LogP contribution in [0.2, 0.25) is 0 Å². The van der Waals surface area contributed by atoms with E-state index in [0.29, 0.717) is 19.8 Å².